The van der Waals surface area contributed by atoms with Crippen LogP contribution in [0.25, 0.3) is 22.1 Å². The SMILES string of the molecule is O=C(Nc1ccccc1-c1ccccc1)c1cc2ccccc2oc1=O. The van der Waals surface area contributed by atoms with Crippen molar-refractivity contribution < 1.29 is 9.21 Å². The van der Waals surface area contributed by atoms with Crippen LogP contribution in [0, 0.1) is 0 Å². The lowest BCUT2D eigenvalue weighted by atomic mass is 10.0. The third-order valence-electron chi connectivity index (χ3n) is 4.15. The van der Waals surface area contributed by atoms with Gasteiger partial charge in [0.05, 0.1) is 0 Å². The monoisotopic (exact) mass is 341 g/mol. The number of amides is 1. The second-order valence-corrected chi connectivity index (χ2v) is 5.85. The van der Waals surface area contributed by atoms with E-state index >= 15 is 0 Å². The highest BCUT2D eigenvalue weighted by molar-refractivity contribution is 6.07. The Bertz CT molecular complexity index is 1150. The first-order chi connectivity index (χ1) is 12.7. The molecule has 0 aliphatic rings. The van der Waals surface area contributed by atoms with E-state index in [0.717, 1.165) is 11.1 Å². The highest BCUT2D eigenvalue weighted by Gasteiger charge is 2.15. The standard InChI is InChI=1S/C22H15NO3/c24-21(18-14-16-10-4-7-13-20(16)26-22(18)25)23-19-12-6-5-11-17(19)15-8-2-1-3-9-15/h1-14H,(H,23,24). The van der Waals surface area contributed by atoms with E-state index in [1.165, 1.54) is 0 Å². The highest BCUT2D eigenvalue weighted by Crippen LogP contribution is 2.27. The van der Waals surface area contributed by atoms with Crippen LogP contribution in [0.5, 0.6) is 0 Å². The normalized spacial score (nSPS) is 10.6. The Labute approximate surface area is 149 Å². The smallest absolute Gasteiger partial charge is 0.349 e. The van der Waals surface area contributed by atoms with Crippen LogP contribution in [-0.2, 0) is 0 Å². The molecule has 4 rings (SSSR count). The summed E-state index contributed by atoms with van der Waals surface area (Å²) in [5, 5.41) is 3.53. The number of benzene rings is 3. The maximum absolute atomic E-state index is 12.7. The lowest BCUT2D eigenvalue weighted by molar-refractivity contribution is 0.102. The Balaban J connectivity index is 1.72. The number of rotatable bonds is 3. The molecule has 0 radical (unpaired) electrons. The van der Waals surface area contributed by atoms with Crippen molar-refractivity contribution in [1.29, 1.82) is 0 Å². The Hall–Kier alpha value is -3.66. The average molecular weight is 341 g/mol. The van der Waals surface area contributed by atoms with Crippen molar-refractivity contribution in [1.82, 2.24) is 0 Å². The number of hydrogen-bond acceptors (Lipinski definition) is 3. The molecule has 4 heteroatoms. The second kappa shape index (κ2) is 6.69. The first kappa shape index (κ1) is 15.8. The number of nitrogens with one attached hydrogen (secondary N) is 1. The molecular weight excluding hydrogens is 326 g/mol. The molecule has 26 heavy (non-hydrogen) atoms. The van der Waals surface area contributed by atoms with E-state index in [9.17, 15) is 9.59 Å². The van der Waals surface area contributed by atoms with Gasteiger partial charge >= 0.3 is 5.63 Å². The van der Waals surface area contributed by atoms with Gasteiger partial charge in [-0.3, -0.25) is 4.79 Å². The van der Waals surface area contributed by atoms with E-state index < -0.39 is 11.5 Å². The molecule has 0 fully saturated rings. The summed E-state index contributed by atoms with van der Waals surface area (Å²) in [6, 6.07) is 25.9. The van der Waals surface area contributed by atoms with E-state index in [1.54, 1.807) is 24.3 Å². The Morgan fingerprint density at radius 3 is 2.35 bits per heavy atom. The van der Waals surface area contributed by atoms with Gasteiger partial charge in [0.25, 0.3) is 5.91 Å². The third kappa shape index (κ3) is 3.00. The topological polar surface area (TPSA) is 59.3 Å². The lowest BCUT2D eigenvalue weighted by Crippen LogP contribution is -2.21. The summed E-state index contributed by atoms with van der Waals surface area (Å²) >= 11 is 0. The van der Waals surface area contributed by atoms with Gasteiger partial charge in [0, 0.05) is 16.6 Å². The van der Waals surface area contributed by atoms with Crippen LogP contribution in [0.15, 0.2) is 94.1 Å². The third-order valence-corrected chi connectivity index (χ3v) is 4.15. The molecule has 1 N–H and O–H groups in total. The average Bonchev–Trinajstić information content (AvgIpc) is 2.68. The van der Waals surface area contributed by atoms with Crippen molar-refractivity contribution >= 4 is 22.6 Å². The molecule has 1 amide bonds. The maximum atomic E-state index is 12.7. The van der Waals surface area contributed by atoms with E-state index in [2.05, 4.69) is 5.32 Å². The van der Waals surface area contributed by atoms with E-state index in [0.29, 0.717) is 16.7 Å². The van der Waals surface area contributed by atoms with Gasteiger partial charge in [-0.2, -0.15) is 0 Å². The molecular formula is C22H15NO3. The van der Waals surface area contributed by atoms with E-state index in [4.69, 9.17) is 4.42 Å². The molecule has 0 unspecified atom stereocenters. The predicted molar refractivity (Wildman–Crippen MR) is 102 cm³/mol. The maximum Gasteiger partial charge on any atom is 0.349 e. The van der Waals surface area contributed by atoms with Crippen LogP contribution < -0.4 is 10.9 Å². The fraction of sp³-hybridized carbons (Fsp3) is 0. The fourth-order valence-corrected chi connectivity index (χ4v) is 2.87. The fourth-order valence-electron chi connectivity index (χ4n) is 2.87. The summed E-state index contributed by atoms with van der Waals surface area (Å²) in [4.78, 5) is 24.9. The lowest BCUT2D eigenvalue weighted by Gasteiger charge is -2.11. The van der Waals surface area contributed by atoms with Gasteiger partial charge < -0.3 is 9.73 Å². The minimum absolute atomic E-state index is 0.0217. The van der Waals surface area contributed by atoms with Crippen LogP contribution in [-0.4, -0.2) is 5.91 Å². The van der Waals surface area contributed by atoms with E-state index in [-0.39, 0.29) is 5.56 Å². The molecule has 3 aromatic carbocycles. The van der Waals surface area contributed by atoms with Crippen molar-refractivity contribution in [3.8, 4) is 11.1 Å². The summed E-state index contributed by atoms with van der Waals surface area (Å²) in [7, 11) is 0. The van der Waals surface area contributed by atoms with Crippen molar-refractivity contribution in [2.45, 2.75) is 0 Å². The van der Waals surface area contributed by atoms with Crippen molar-refractivity contribution in [3.63, 3.8) is 0 Å². The molecule has 1 aromatic heterocycles. The molecule has 0 aliphatic carbocycles. The van der Waals surface area contributed by atoms with Gasteiger partial charge in [0.1, 0.15) is 11.1 Å². The first-order valence-corrected chi connectivity index (χ1v) is 8.21. The highest BCUT2D eigenvalue weighted by atomic mass is 16.4. The zero-order valence-electron chi connectivity index (χ0n) is 13.8. The molecule has 4 nitrogen and oxygen atoms in total. The first-order valence-electron chi connectivity index (χ1n) is 8.21. The van der Waals surface area contributed by atoms with Gasteiger partial charge in [-0.25, -0.2) is 4.79 Å². The number of para-hydroxylation sites is 2. The molecule has 0 spiro atoms. The predicted octanol–water partition coefficient (Wildman–Crippen LogP) is 4.71. The number of fused-ring (bicyclic) bond motifs is 1. The Morgan fingerprint density at radius 2 is 1.50 bits per heavy atom. The molecule has 0 saturated carbocycles. The molecule has 0 atom stereocenters. The molecule has 4 aromatic rings. The zero-order chi connectivity index (χ0) is 17.9. The summed E-state index contributed by atoms with van der Waals surface area (Å²) in [5.41, 5.74) is 2.28. The molecule has 0 saturated heterocycles. The van der Waals surface area contributed by atoms with Gasteiger partial charge in [-0.1, -0.05) is 66.7 Å². The number of carbonyl (C=O) groups excluding carboxylic acids is 1. The van der Waals surface area contributed by atoms with Crippen molar-refractivity contribution in [2.24, 2.45) is 0 Å². The summed E-state index contributed by atoms with van der Waals surface area (Å²) in [5.74, 6) is -0.493. The number of hydrogen-bond donors (Lipinski definition) is 1. The number of anilines is 1. The summed E-state index contributed by atoms with van der Waals surface area (Å²) in [6.45, 7) is 0. The zero-order valence-corrected chi connectivity index (χ0v) is 13.8. The molecule has 126 valence electrons. The minimum atomic E-state index is -0.654. The second-order valence-electron chi connectivity index (χ2n) is 5.85. The van der Waals surface area contributed by atoms with Crippen molar-refractivity contribution in [3.05, 3.63) is 101 Å². The van der Waals surface area contributed by atoms with Crippen LogP contribution >= 0.6 is 0 Å². The molecule has 1 heterocycles. The molecule has 0 bridgehead atoms. The van der Waals surface area contributed by atoms with Gasteiger partial charge in [0.2, 0.25) is 0 Å². The van der Waals surface area contributed by atoms with E-state index in [1.807, 2.05) is 60.7 Å². The van der Waals surface area contributed by atoms with Crippen molar-refractivity contribution in [2.75, 3.05) is 5.32 Å². The van der Waals surface area contributed by atoms with Gasteiger partial charge in [-0.05, 0) is 23.8 Å². The van der Waals surface area contributed by atoms with Crippen LogP contribution in [0.3, 0.4) is 0 Å². The summed E-state index contributed by atoms with van der Waals surface area (Å²) in [6.07, 6.45) is 0. The van der Waals surface area contributed by atoms with Crippen LogP contribution in [0.1, 0.15) is 10.4 Å². The summed E-state index contributed by atoms with van der Waals surface area (Å²) < 4.78 is 5.25. The van der Waals surface area contributed by atoms with Crippen LogP contribution in [0.4, 0.5) is 5.69 Å². The van der Waals surface area contributed by atoms with Gasteiger partial charge in [0.15, 0.2) is 0 Å². The minimum Gasteiger partial charge on any atom is -0.422 e. The number of carbonyl (C=O) groups is 1. The largest absolute Gasteiger partial charge is 0.422 e. The molecule has 0 aliphatic heterocycles. The quantitative estimate of drug-likeness (QED) is 0.549. The Morgan fingerprint density at radius 1 is 0.808 bits per heavy atom. The Kier molecular flexibility index (Phi) is 4.07. The van der Waals surface area contributed by atoms with Gasteiger partial charge in [-0.15, -0.1) is 0 Å². The van der Waals surface area contributed by atoms with Crippen LogP contribution in [0.2, 0.25) is 0 Å².